The van der Waals surface area contributed by atoms with Crippen LogP contribution in [0.1, 0.15) is 52.8 Å². The predicted molar refractivity (Wildman–Crippen MR) is 246 cm³/mol. The van der Waals surface area contributed by atoms with Gasteiger partial charge in [-0.1, -0.05) is 12.1 Å². The summed E-state index contributed by atoms with van der Waals surface area (Å²) in [4.78, 5) is 64.6. The van der Waals surface area contributed by atoms with Crippen molar-refractivity contribution in [3.05, 3.63) is 113 Å². The van der Waals surface area contributed by atoms with Gasteiger partial charge in [0.25, 0.3) is 40.5 Å². The summed E-state index contributed by atoms with van der Waals surface area (Å²) in [5.74, 6) is -5.38. The number of amides is 2. The first-order chi connectivity index (χ1) is 32.2. The summed E-state index contributed by atoms with van der Waals surface area (Å²) in [7, 11) is -20.1. The molecular formula is C36H33CrN8O22S4+5. The minimum Gasteiger partial charge on any atom is -0.501 e. The fourth-order valence-electron chi connectivity index (χ4n) is 5.99. The Morgan fingerprint density at radius 3 is 1.15 bits per heavy atom. The number of carbonyl (C=O) groups excluding carboxylic acids is 4. The van der Waals surface area contributed by atoms with E-state index >= 15 is 0 Å². The molecule has 4 aromatic rings. The Labute approximate surface area is 415 Å². The number of carbonyl (C=O) groups is 4. The molecule has 0 aromatic heterocycles. The molecule has 0 unspecified atom stereocenters. The summed E-state index contributed by atoms with van der Waals surface area (Å²) in [6.45, 7) is 2.42. The van der Waals surface area contributed by atoms with Gasteiger partial charge in [-0.15, -0.1) is 0 Å². The second kappa shape index (κ2) is 20.6. The van der Waals surface area contributed by atoms with Gasteiger partial charge in [-0.25, -0.2) is 0 Å². The number of ketones is 2. The summed E-state index contributed by atoms with van der Waals surface area (Å²) in [6, 6.07) is 9.51. The SMILES string of the molecule is CC(=O)Nc1ccc2c(c1)C(=O)/C(=N\Nc1cc(S(=O)(=O)O)cc([N+](=O)[O-])c1O)C(S(=O)(=O)O)=C2.CC(=O)Nc1ccc2c(c1)C(=O)/C(=N\Nc1cc(S(=O)(=O)O)cc([N+](=O)[O-])c1O)C(S(=O)(=O)O)=C2.[Cr].[H+].[H+].[H+].[H+].[H+]. The third-order valence-corrected chi connectivity index (χ3v) is 12.4. The summed E-state index contributed by atoms with van der Waals surface area (Å²) < 4.78 is 131. The molecule has 71 heavy (non-hydrogen) atoms. The van der Waals surface area contributed by atoms with E-state index in [4.69, 9.17) is 0 Å². The molecule has 0 saturated heterocycles. The zero-order valence-corrected chi connectivity index (χ0v) is 39.5. The molecule has 6 rings (SSSR count). The van der Waals surface area contributed by atoms with Gasteiger partial charge in [0.1, 0.15) is 31.0 Å². The molecule has 0 aliphatic heterocycles. The van der Waals surface area contributed by atoms with Crippen molar-refractivity contribution in [2.45, 2.75) is 23.6 Å². The van der Waals surface area contributed by atoms with E-state index in [9.17, 15) is 102 Å². The number of phenols is 2. The molecule has 374 valence electrons. The van der Waals surface area contributed by atoms with Crippen LogP contribution in [0.15, 0.2) is 90.5 Å². The first kappa shape index (κ1) is 55.7. The van der Waals surface area contributed by atoms with Gasteiger partial charge in [-0.3, -0.25) is 68.5 Å². The van der Waals surface area contributed by atoms with E-state index in [0.29, 0.717) is 24.3 Å². The van der Waals surface area contributed by atoms with Crippen molar-refractivity contribution < 1.29 is 116 Å². The largest absolute Gasteiger partial charge is 1.00 e. The summed E-state index contributed by atoms with van der Waals surface area (Å²) in [5.41, 5.74) is -1.72. The number of allylic oxidation sites excluding steroid dienone is 2. The molecular weight excluding hydrogens is 1080 g/mol. The average Bonchev–Trinajstić information content (AvgIpc) is 3.22. The van der Waals surface area contributed by atoms with Crippen LogP contribution in [0.25, 0.3) is 12.2 Å². The van der Waals surface area contributed by atoms with Crippen LogP contribution in [0.2, 0.25) is 0 Å². The van der Waals surface area contributed by atoms with Crippen LogP contribution in [0.4, 0.5) is 34.1 Å². The third kappa shape index (κ3) is 12.9. The molecule has 35 heteroatoms. The molecule has 2 aliphatic rings. The standard InChI is InChI=1S/2C18H14N4O11S2.Cr/c2*1-8(23)19-10-3-2-9-4-15(35(31,32)33)16(17(24)12(9)5-10)21-20-13-6-11(34(28,29)30)7-14(18(13)25)22(26)27;/h2*2-7,20,25H,1H3,(H,19,23)(H,28,29,30)(H,31,32,33);/p+5/b2*21-16-;. The van der Waals surface area contributed by atoms with Crippen molar-refractivity contribution in [3.63, 3.8) is 0 Å². The van der Waals surface area contributed by atoms with Crippen LogP contribution >= 0.6 is 0 Å². The Kier molecular flexibility index (Phi) is 16.2. The van der Waals surface area contributed by atoms with E-state index in [1.165, 1.54) is 50.2 Å². The third-order valence-electron chi connectivity index (χ3n) is 8.95. The number of hydrazone groups is 2. The molecule has 2 aliphatic carbocycles. The molecule has 10 N–H and O–H groups in total. The van der Waals surface area contributed by atoms with Crippen LogP contribution in [-0.4, -0.2) is 107 Å². The van der Waals surface area contributed by atoms with Crippen molar-refractivity contribution in [1.82, 2.24) is 0 Å². The monoisotopic (exact) mass is 1110 g/mol. The molecule has 30 nitrogen and oxygen atoms in total. The molecule has 0 heterocycles. The van der Waals surface area contributed by atoms with Gasteiger partial charge in [0, 0.05) is 65.8 Å². The van der Waals surface area contributed by atoms with Gasteiger partial charge < -0.3 is 20.8 Å². The van der Waals surface area contributed by atoms with Crippen LogP contribution in [-0.2, 0) is 67.4 Å². The number of hydrogen-bond acceptors (Lipinski definition) is 22. The minimum absolute atomic E-state index is 0. The number of benzene rings is 4. The van der Waals surface area contributed by atoms with Crippen molar-refractivity contribution in [2.75, 3.05) is 21.5 Å². The Bertz CT molecular complexity index is 3420. The van der Waals surface area contributed by atoms with E-state index in [1.54, 1.807) is 0 Å². The van der Waals surface area contributed by atoms with Crippen LogP contribution in [0.3, 0.4) is 0 Å². The second-order valence-electron chi connectivity index (χ2n) is 13.9. The number of anilines is 4. The number of aromatic hydroxyl groups is 2. The summed E-state index contributed by atoms with van der Waals surface area (Å²) >= 11 is 0. The Balaban J connectivity index is 0. The first-order valence-corrected chi connectivity index (χ1v) is 23.9. The van der Waals surface area contributed by atoms with Gasteiger partial charge in [0.15, 0.2) is 11.4 Å². The maximum Gasteiger partial charge on any atom is 1.00 e. The number of hydrogen-bond donors (Lipinski definition) is 10. The van der Waals surface area contributed by atoms with E-state index in [1.807, 2.05) is 10.9 Å². The zero-order chi connectivity index (χ0) is 52.6. The number of nitrogens with zero attached hydrogens (tertiary/aromatic N) is 4. The van der Waals surface area contributed by atoms with Gasteiger partial charge in [-0.2, -0.15) is 43.9 Å². The fourth-order valence-corrected chi connectivity index (χ4v) is 8.36. The van der Waals surface area contributed by atoms with E-state index in [-0.39, 0.29) is 58.1 Å². The van der Waals surface area contributed by atoms with E-state index in [2.05, 4.69) is 20.8 Å². The topological polar surface area (TPSA) is 485 Å². The number of nitro benzene ring substituents is 2. The molecule has 0 saturated carbocycles. The van der Waals surface area contributed by atoms with E-state index < -0.39 is 139 Å². The van der Waals surface area contributed by atoms with Crippen molar-refractivity contribution in [3.8, 4) is 11.5 Å². The molecule has 2 amide bonds. The summed E-state index contributed by atoms with van der Waals surface area (Å²) in [5, 5.41) is 54.3. The maximum absolute atomic E-state index is 13.0. The molecule has 0 bridgehead atoms. The number of phenolic OH excluding ortho intramolecular Hbond substituents is 2. The fraction of sp³-hybridized carbons (Fsp3) is 0.0556. The van der Waals surface area contributed by atoms with Crippen molar-refractivity contribution >= 4 is 122 Å². The number of fused-ring (bicyclic) bond motifs is 2. The van der Waals surface area contributed by atoms with Crippen LogP contribution in [0.5, 0.6) is 11.5 Å². The van der Waals surface area contributed by atoms with Gasteiger partial charge >= 0.3 is 18.5 Å². The van der Waals surface area contributed by atoms with Gasteiger partial charge in [-0.05, 0) is 59.7 Å². The first-order valence-electron chi connectivity index (χ1n) is 18.2. The van der Waals surface area contributed by atoms with Gasteiger partial charge in [0.2, 0.25) is 34.9 Å². The summed E-state index contributed by atoms with van der Waals surface area (Å²) in [6.07, 6.45) is 1.78. The maximum atomic E-state index is 13.0. The molecule has 0 radical (unpaired) electrons. The van der Waals surface area contributed by atoms with Crippen LogP contribution in [0, 0.1) is 20.2 Å². The van der Waals surface area contributed by atoms with Crippen LogP contribution < -0.4 is 21.5 Å². The number of nitrogens with one attached hydrogen (secondary N) is 4. The Morgan fingerprint density at radius 1 is 0.563 bits per heavy atom. The number of rotatable bonds is 12. The minimum atomic E-state index is -5.05. The number of Topliss-reactive ketones (excluding diaryl/α,β-unsaturated/α-hetero) is 2. The molecule has 0 spiro atoms. The zero-order valence-electron chi connectivity index (χ0n) is 40.0. The average molecular weight is 1110 g/mol. The Morgan fingerprint density at radius 2 is 0.887 bits per heavy atom. The number of nitro groups is 2. The van der Waals surface area contributed by atoms with Gasteiger partial charge in [0.05, 0.1) is 9.85 Å². The second-order valence-corrected chi connectivity index (χ2v) is 19.5. The van der Waals surface area contributed by atoms with E-state index in [0.717, 1.165) is 12.2 Å². The van der Waals surface area contributed by atoms with Crippen molar-refractivity contribution in [1.29, 1.82) is 0 Å². The molecule has 0 atom stereocenters. The Hall–Kier alpha value is -7.85. The predicted octanol–water partition coefficient (Wildman–Crippen LogP) is 3.36. The van der Waals surface area contributed by atoms with Crippen molar-refractivity contribution in [2.24, 2.45) is 10.2 Å². The normalized spacial score (nSPS) is 14.6. The quantitative estimate of drug-likeness (QED) is 0.0421. The molecule has 4 aromatic carbocycles. The smallest absolute Gasteiger partial charge is 0.501 e. The molecule has 0 fully saturated rings.